The lowest BCUT2D eigenvalue weighted by molar-refractivity contribution is 0.376. The van der Waals surface area contributed by atoms with E-state index in [4.69, 9.17) is 0 Å². The molecule has 4 atom stereocenters. The molecule has 2 rings (SSSR count). The van der Waals surface area contributed by atoms with Crippen LogP contribution in [0.3, 0.4) is 0 Å². The molecule has 0 bridgehead atoms. The summed E-state index contributed by atoms with van der Waals surface area (Å²) in [5, 5.41) is 0. The van der Waals surface area contributed by atoms with Crippen molar-refractivity contribution in [3.8, 4) is 0 Å². The van der Waals surface area contributed by atoms with Gasteiger partial charge in [-0.2, -0.15) is 0 Å². The van der Waals surface area contributed by atoms with Crippen LogP contribution in [0.5, 0.6) is 0 Å². The van der Waals surface area contributed by atoms with E-state index in [9.17, 15) is 0 Å². The molecule has 0 aromatic heterocycles. The zero-order valence-corrected chi connectivity index (χ0v) is 28.4. The van der Waals surface area contributed by atoms with Crippen LogP contribution in [0.4, 0.5) is 0 Å². The smallest absolute Gasteiger partial charge is 0.00819 e. The number of allylic oxidation sites excluding steroid dienone is 12. The second-order valence-electron chi connectivity index (χ2n) is 15.1. The Labute approximate surface area is 251 Å². The molecule has 0 heterocycles. The average Bonchev–Trinajstić information content (AvgIpc) is 2.85. The summed E-state index contributed by atoms with van der Waals surface area (Å²) in [6.45, 7) is 23.8. The van der Waals surface area contributed by atoms with Crippen molar-refractivity contribution in [2.24, 2.45) is 34.5 Å². The fraction of sp³-hybridized carbons (Fsp3) is 0.700. The molecule has 0 nitrogen and oxygen atoms in total. The molecule has 0 aromatic carbocycles. The summed E-state index contributed by atoms with van der Waals surface area (Å²) in [5.41, 5.74) is 7.08. The predicted molar refractivity (Wildman–Crippen MR) is 182 cm³/mol. The van der Waals surface area contributed by atoms with E-state index in [1.807, 2.05) is 0 Å². The quantitative estimate of drug-likeness (QED) is 0.179. The minimum absolute atomic E-state index is 0.338. The molecule has 0 heteroatoms. The molecular weight excluding hydrogens is 480 g/mol. The zero-order valence-electron chi connectivity index (χ0n) is 28.4. The highest BCUT2D eigenvalue weighted by Gasteiger charge is 2.27. The normalized spacial score (nSPS) is 23.1. The lowest BCUT2D eigenvalue weighted by Gasteiger charge is -2.33. The minimum Gasteiger partial charge on any atom is -0.0879 e. The summed E-state index contributed by atoms with van der Waals surface area (Å²) in [5.74, 6) is 2.60. The molecule has 0 fully saturated rings. The molecule has 0 amide bonds. The summed E-state index contributed by atoms with van der Waals surface area (Å²) in [6, 6.07) is 0. The van der Waals surface area contributed by atoms with Crippen molar-refractivity contribution in [3.63, 3.8) is 0 Å². The van der Waals surface area contributed by atoms with Crippen molar-refractivity contribution < 1.29 is 0 Å². The Morgan fingerprint density at radius 2 is 1.18 bits per heavy atom. The van der Waals surface area contributed by atoms with E-state index in [-0.39, 0.29) is 0 Å². The van der Waals surface area contributed by atoms with E-state index in [0.717, 1.165) is 12.3 Å². The van der Waals surface area contributed by atoms with Crippen molar-refractivity contribution in [2.75, 3.05) is 0 Å². The van der Waals surface area contributed by atoms with Gasteiger partial charge in [0, 0.05) is 0 Å². The topological polar surface area (TPSA) is 0 Å². The van der Waals surface area contributed by atoms with Crippen LogP contribution in [0.25, 0.3) is 0 Å². The number of hydrogen-bond donors (Lipinski definition) is 0. The van der Waals surface area contributed by atoms with Crippen LogP contribution in [0, 0.1) is 34.5 Å². The lowest BCUT2D eigenvalue weighted by Crippen LogP contribution is -2.19. The first-order valence-electron chi connectivity index (χ1n) is 16.9. The highest BCUT2D eigenvalue weighted by Crippen LogP contribution is 2.42. The summed E-state index contributed by atoms with van der Waals surface area (Å²) in [4.78, 5) is 0. The molecule has 40 heavy (non-hydrogen) atoms. The van der Waals surface area contributed by atoms with Crippen LogP contribution < -0.4 is 0 Å². The standard InChI is InChI=1S/C40H66/c1-31(19-13-21-33(3)25-27-37-35(5)23-15-29-39(37,7)8)17-11-12-18-32(2)20-14-22-34(4)26-28-38-36(6)24-16-30-40(38,9)10/h11,13,17,19,25-28,31-34H,12,14-16,18,20-24,29-30H2,1-10H3/b17-11+,19-13+,27-25-,28-26+. The maximum Gasteiger partial charge on any atom is -0.00819 e. The number of rotatable bonds is 15. The molecule has 0 aromatic rings. The Bertz CT molecular complexity index is 941. The SMILES string of the molecule is CC1=C(/C=C\C(C)C/C=C/C(C)/C=C/CCC(C)CCCC(C)/C=C/C2=C(C)CCCC2(C)C)C(C)(C)CCC1. The number of hydrogen-bond acceptors (Lipinski definition) is 0. The van der Waals surface area contributed by atoms with Gasteiger partial charge in [-0.15, -0.1) is 0 Å². The monoisotopic (exact) mass is 547 g/mol. The molecule has 0 spiro atoms. The van der Waals surface area contributed by atoms with Crippen molar-refractivity contribution in [2.45, 2.75) is 146 Å². The van der Waals surface area contributed by atoms with Gasteiger partial charge in [0.05, 0.1) is 0 Å². The van der Waals surface area contributed by atoms with E-state index in [1.165, 1.54) is 70.6 Å². The van der Waals surface area contributed by atoms with Crippen molar-refractivity contribution in [1.82, 2.24) is 0 Å². The first-order chi connectivity index (χ1) is 18.8. The van der Waals surface area contributed by atoms with Crippen molar-refractivity contribution >= 4 is 0 Å². The molecule has 2 aliphatic carbocycles. The van der Waals surface area contributed by atoms with Crippen LogP contribution in [0.2, 0.25) is 0 Å². The predicted octanol–water partition coefficient (Wildman–Crippen LogP) is 13.1. The molecule has 226 valence electrons. The molecule has 0 radical (unpaired) electrons. The van der Waals surface area contributed by atoms with Gasteiger partial charge in [0.15, 0.2) is 0 Å². The summed E-state index contributed by atoms with van der Waals surface area (Å²) < 4.78 is 0. The van der Waals surface area contributed by atoms with Crippen molar-refractivity contribution in [3.05, 3.63) is 70.9 Å². The van der Waals surface area contributed by atoms with Gasteiger partial charge in [-0.25, -0.2) is 0 Å². The summed E-state index contributed by atoms with van der Waals surface area (Å²) in [6.07, 6.45) is 35.0. The second-order valence-corrected chi connectivity index (χ2v) is 15.1. The second kappa shape index (κ2) is 16.8. The average molecular weight is 547 g/mol. The van der Waals surface area contributed by atoms with E-state index in [1.54, 1.807) is 22.3 Å². The maximum atomic E-state index is 2.49. The van der Waals surface area contributed by atoms with Gasteiger partial charge in [-0.05, 0) is 124 Å². The summed E-state index contributed by atoms with van der Waals surface area (Å²) >= 11 is 0. The Morgan fingerprint density at radius 3 is 1.73 bits per heavy atom. The fourth-order valence-corrected chi connectivity index (χ4v) is 6.91. The molecule has 4 unspecified atom stereocenters. The van der Waals surface area contributed by atoms with Crippen molar-refractivity contribution in [1.29, 1.82) is 0 Å². The highest BCUT2D eigenvalue weighted by molar-refractivity contribution is 5.33. The van der Waals surface area contributed by atoms with E-state index in [0.29, 0.717) is 28.6 Å². The van der Waals surface area contributed by atoms with Gasteiger partial charge < -0.3 is 0 Å². The Kier molecular flexibility index (Phi) is 14.5. The van der Waals surface area contributed by atoms with Gasteiger partial charge in [0.1, 0.15) is 0 Å². The molecule has 0 saturated heterocycles. The first-order valence-corrected chi connectivity index (χ1v) is 16.9. The molecule has 0 saturated carbocycles. The molecule has 0 aliphatic heterocycles. The van der Waals surface area contributed by atoms with Gasteiger partial charge in [-0.3, -0.25) is 0 Å². The molecule has 2 aliphatic rings. The third-order valence-corrected chi connectivity index (χ3v) is 9.84. The maximum absolute atomic E-state index is 2.49. The molecular formula is C40H66. The lowest BCUT2D eigenvalue weighted by atomic mass is 9.72. The van der Waals surface area contributed by atoms with Gasteiger partial charge >= 0.3 is 0 Å². The summed E-state index contributed by atoms with van der Waals surface area (Å²) in [7, 11) is 0. The Morgan fingerprint density at radius 1 is 0.650 bits per heavy atom. The first kappa shape index (κ1) is 34.6. The van der Waals surface area contributed by atoms with Crippen LogP contribution in [0.1, 0.15) is 146 Å². The third-order valence-electron chi connectivity index (χ3n) is 9.84. The van der Waals surface area contributed by atoms with E-state index < -0.39 is 0 Å². The van der Waals surface area contributed by atoms with Crippen LogP contribution in [-0.4, -0.2) is 0 Å². The third kappa shape index (κ3) is 12.1. The minimum atomic E-state index is 0.338. The van der Waals surface area contributed by atoms with Gasteiger partial charge in [-0.1, -0.05) is 128 Å². The Hall–Kier alpha value is -1.56. The van der Waals surface area contributed by atoms with Crippen LogP contribution in [0.15, 0.2) is 70.9 Å². The Balaban J connectivity index is 1.63. The van der Waals surface area contributed by atoms with Crippen LogP contribution in [-0.2, 0) is 0 Å². The largest absolute Gasteiger partial charge is 0.0879 e. The van der Waals surface area contributed by atoms with E-state index in [2.05, 4.69) is 118 Å². The van der Waals surface area contributed by atoms with Gasteiger partial charge in [0.2, 0.25) is 0 Å². The van der Waals surface area contributed by atoms with Gasteiger partial charge in [0.25, 0.3) is 0 Å². The fourth-order valence-electron chi connectivity index (χ4n) is 6.91. The zero-order chi connectivity index (χ0) is 29.8. The molecule has 0 N–H and O–H groups in total. The van der Waals surface area contributed by atoms with E-state index >= 15 is 0 Å². The highest BCUT2D eigenvalue weighted by atomic mass is 14.3. The van der Waals surface area contributed by atoms with Crippen LogP contribution >= 0.6 is 0 Å².